The van der Waals surface area contributed by atoms with Gasteiger partial charge in [-0.1, -0.05) is 12.1 Å². The second-order valence-corrected chi connectivity index (χ2v) is 6.19. The quantitative estimate of drug-likeness (QED) is 0.918. The molecule has 3 rings (SSSR count). The molecule has 0 bridgehead atoms. The summed E-state index contributed by atoms with van der Waals surface area (Å²) in [6.07, 6.45) is 5.66. The van der Waals surface area contributed by atoms with Gasteiger partial charge in [0.15, 0.2) is 0 Å². The van der Waals surface area contributed by atoms with Crippen molar-refractivity contribution < 1.29 is 9.53 Å². The summed E-state index contributed by atoms with van der Waals surface area (Å²) in [7, 11) is 2.14. The van der Waals surface area contributed by atoms with Crippen molar-refractivity contribution in [2.24, 2.45) is 0 Å². The molecule has 2 aromatic rings. The summed E-state index contributed by atoms with van der Waals surface area (Å²) in [5.41, 5.74) is 1.61. The number of hydrogen-bond acceptors (Lipinski definition) is 4. The van der Waals surface area contributed by atoms with Gasteiger partial charge in [0.25, 0.3) is 5.91 Å². The Kier molecular flexibility index (Phi) is 5.43. The van der Waals surface area contributed by atoms with Crippen LogP contribution in [-0.2, 0) is 6.54 Å². The van der Waals surface area contributed by atoms with Crippen molar-refractivity contribution in [1.29, 1.82) is 0 Å². The van der Waals surface area contributed by atoms with Crippen LogP contribution in [0.4, 0.5) is 0 Å². The number of rotatable bonds is 5. The highest BCUT2D eigenvalue weighted by Gasteiger charge is 2.17. The minimum absolute atomic E-state index is 0.116. The molecule has 0 aliphatic carbocycles. The summed E-state index contributed by atoms with van der Waals surface area (Å²) in [6.45, 7) is 2.66. The molecule has 0 spiro atoms. The van der Waals surface area contributed by atoms with Gasteiger partial charge in [-0.15, -0.1) is 0 Å². The van der Waals surface area contributed by atoms with Crippen LogP contribution in [0.15, 0.2) is 48.8 Å². The van der Waals surface area contributed by atoms with Crippen molar-refractivity contribution in [3.8, 4) is 5.75 Å². The molecule has 1 aromatic heterocycles. The monoisotopic (exact) mass is 325 g/mol. The van der Waals surface area contributed by atoms with Gasteiger partial charge in [-0.2, -0.15) is 0 Å². The highest BCUT2D eigenvalue weighted by molar-refractivity contribution is 5.93. The van der Waals surface area contributed by atoms with Crippen LogP contribution >= 0.6 is 0 Å². The van der Waals surface area contributed by atoms with Crippen molar-refractivity contribution in [3.05, 3.63) is 59.9 Å². The largest absolute Gasteiger partial charge is 0.490 e. The van der Waals surface area contributed by atoms with Gasteiger partial charge in [-0.3, -0.25) is 9.78 Å². The van der Waals surface area contributed by atoms with E-state index in [1.54, 1.807) is 24.5 Å². The molecular formula is C19H23N3O2. The van der Waals surface area contributed by atoms with Crippen molar-refractivity contribution in [1.82, 2.24) is 15.2 Å². The fraction of sp³-hybridized carbons (Fsp3) is 0.368. The SMILES string of the molecule is CN1CCC(Oc2ccc(CNC(=O)c3cccnc3)cc2)CC1. The fourth-order valence-corrected chi connectivity index (χ4v) is 2.76. The van der Waals surface area contributed by atoms with E-state index in [0.29, 0.717) is 18.2 Å². The van der Waals surface area contributed by atoms with E-state index in [-0.39, 0.29) is 5.91 Å². The van der Waals surface area contributed by atoms with Crippen molar-refractivity contribution in [2.45, 2.75) is 25.5 Å². The number of carbonyl (C=O) groups is 1. The molecule has 0 unspecified atom stereocenters. The van der Waals surface area contributed by atoms with Gasteiger partial charge in [0.05, 0.1) is 5.56 Å². The van der Waals surface area contributed by atoms with E-state index >= 15 is 0 Å². The molecule has 5 heteroatoms. The third kappa shape index (κ3) is 4.55. The lowest BCUT2D eigenvalue weighted by Crippen LogP contribution is -2.35. The molecular weight excluding hydrogens is 302 g/mol. The topological polar surface area (TPSA) is 54.5 Å². The second kappa shape index (κ2) is 7.93. The normalized spacial score (nSPS) is 15.9. The number of amides is 1. The predicted octanol–water partition coefficient (Wildman–Crippen LogP) is 2.48. The first-order chi connectivity index (χ1) is 11.7. The van der Waals surface area contributed by atoms with Gasteiger partial charge in [0, 0.05) is 32.0 Å². The smallest absolute Gasteiger partial charge is 0.253 e. The van der Waals surface area contributed by atoms with Crippen LogP contribution in [0.25, 0.3) is 0 Å². The van der Waals surface area contributed by atoms with Gasteiger partial charge in [-0.25, -0.2) is 0 Å². The first kappa shape index (κ1) is 16.5. The first-order valence-electron chi connectivity index (χ1n) is 8.33. The van der Waals surface area contributed by atoms with E-state index in [4.69, 9.17) is 4.74 Å². The Bertz CT molecular complexity index is 650. The molecule has 2 heterocycles. The molecule has 126 valence electrons. The zero-order chi connectivity index (χ0) is 16.8. The third-order valence-electron chi connectivity index (χ3n) is 4.27. The molecule has 1 aliphatic rings. The number of piperidine rings is 1. The highest BCUT2D eigenvalue weighted by atomic mass is 16.5. The Labute approximate surface area is 142 Å². The molecule has 1 fully saturated rings. The Morgan fingerprint density at radius 2 is 2.00 bits per heavy atom. The summed E-state index contributed by atoms with van der Waals surface area (Å²) < 4.78 is 6.03. The van der Waals surface area contributed by atoms with Gasteiger partial charge < -0.3 is 15.0 Å². The zero-order valence-electron chi connectivity index (χ0n) is 13.9. The second-order valence-electron chi connectivity index (χ2n) is 6.19. The molecule has 24 heavy (non-hydrogen) atoms. The molecule has 0 atom stereocenters. The van der Waals surface area contributed by atoms with Gasteiger partial charge in [0.1, 0.15) is 11.9 Å². The predicted molar refractivity (Wildman–Crippen MR) is 93.0 cm³/mol. The van der Waals surface area contributed by atoms with Crippen LogP contribution in [0.1, 0.15) is 28.8 Å². The van der Waals surface area contributed by atoms with Crippen molar-refractivity contribution in [3.63, 3.8) is 0 Å². The molecule has 1 N–H and O–H groups in total. The third-order valence-corrected chi connectivity index (χ3v) is 4.27. The van der Waals surface area contributed by atoms with Crippen LogP contribution in [0.3, 0.4) is 0 Å². The van der Waals surface area contributed by atoms with Crippen LogP contribution in [0.5, 0.6) is 5.75 Å². The van der Waals surface area contributed by atoms with E-state index < -0.39 is 0 Å². The molecule has 0 radical (unpaired) electrons. The minimum atomic E-state index is -0.116. The average molecular weight is 325 g/mol. The molecule has 1 saturated heterocycles. The van der Waals surface area contributed by atoms with E-state index in [9.17, 15) is 4.79 Å². The Hall–Kier alpha value is -2.40. The summed E-state index contributed by atoms with van der Waals surface area (Å²) in [6, 6.07) is 11.4. The minimum Gasteiger partial charge on any atom is -0.490 e. The van der Waals surface area contributed by atoms with Crippen LogP contribution in [0, 0.1) is 0 Å². The lowest BCUT2D eigenvalue weighted by molar-refractivity contribution is 0.0950. The summed E-state index contributed by atoms with van der Waals surface area (Å²) in [4.78, 5) is 18.3. The Morgan fingerprint density at radius 3 is 2.67 bits per heavy atom. The lowest BCUT2D eigenvalue weighted by Gasteiger charge is -2.29. The number of benzene rings is 1. The van der Waals surface area contributed by atoms with Gasteiger partial charge >= 0.3 is 0 Å². The summed E-state index contributed by atoms with van der Waals surface area (Å²) in [5, 5.41) is 2.90. The maximum absolute atomic E-state index is 12.0. The van der Waals surface area contributed by atoms with Crippen molar-refractivity contribution in [2.75, 3.05) is 20.1 Å². The summed E-state index contributed by atoms with van der Waals surface area (Å²) >= 11 is 0. The molecule has 1 aliphatic heterocycles. The van der Waals surface area contributed by atoms with E-state index in [1.165, 1.54) is 0 Å². The molecule has 0 saturated carbocycles. The first-order valence-corrected chi connectivity index (χ1v) is 8.33. The Morgan fingerprint density at radius 1 is 1.25 bits per heavy atom. The fourth-order valence-electron chi connectivity index (χ4n) is 2.76. The number of nitrogens with one attached hydrogen (secondary N) is 1. The van der Waals surface area contributed by atoms with Gasteiger partial charge in [-0.05, 0) is 49.7 Å². The number of likely N-dealkylation sites (tertiary alicyclic amines) is 1. The van der Waals surface area contributed by atoms with E-state index in [0.717, 1.165) is 37.2 Å². The Balaban J connectivity index is 1.48. The molecule has 1 amide bonds. The van der Waals surface area contributed by atoms with Crippen LogP contribution in [-0.4, -0.2) is 42.0 Å². The zero-order valence-corrected chi connectivity index (χ0v) is 13.9. The molecule has 1 aromatic carbocycles. The number of hydrogen-bond donors (Lipinski definition) is 1. The van der Waals surface area contributed by atoms with E-state index in [2.05, 4.69) is 22.2 Å². The van der Waals surface area contributed by atoms with Crippen LogP contribution in [0.2, 0.25) is 0 Å². The summed E-state index contributed by atoms with van der Waals surface area (Å²) in [5.74, 6) is 0.779. The number of ether oxygens (including phenoxy) is 1. The molecule has 5 nitrogen and oxygen atoms in total. The lowest BCUT2D eigenvalue weighted by atomic mass is 10.1. The van der Waals surface area contributed by atoms with E-state index in [1.807, 2.05) is 24.3 Å². The maximum Gasteiger partial charge on any atom is 0.253 e. The number of pyridine rings is 1. The van der Waals surface area contributed by atoms with Crippen LogP contribution < -0.4 is 10.1 Å². The standard InChI is InChI=1S/C19H23N3O2/c1-22-11-8-18(9-12-22)24-17-6-4-15(5-7-17)13-21-19(23)16-3-2-10-20-14-16/h2-7,10,14,18H,8-9,11-13H2,1H3,(H,21,23). The highest BCUT2D eigenvalue weighted by Crippen LogP contribution is 2.19. The number of nitrogens with zero attached hydrogens (tertiary/aromatic N) is 2. The van der Waals surface area contributed by atoms with Crippen molar-refractivity contribution >= 4 is 5.91 Å². The van der Waals surface area contributed by atoms with Gasteiger partial charge in [0.2, 0.25) is 0 Å². The maximum atomic E-state index is 12.0. The number of carbonyl (C=O) groups excluding carboxylic acids is 1. The average Bonchev–Trinajstić information content (AvgIpc) is 2.63. The number of aromatic nitrogens is 1.